The number of aliphatic hydroxyl groups is 1. The summed E-state index contributed by atoms with van der Waals surface area (Å²) in [5.74, 6) is -1.23. The number of rotatable bonds is 6. The quantitative estimate of drug-likeness (QED) is 0.851. The van der Waals surface area contributed by atoms with Gasteiger partial charge < -0.3 is 9.84 Å². The summed E-state index contributed by atoms with van der Waals surface area (Å²) in [6, 6.07) is 7.51. The fraction of sp³-hybridized carbons (Fsp3) is 0.143. The Morgan fingerprint density at radius 2 is 1.68 bits per heavy atom. The van der Waals surface area contributed by atoms with Crippen molar-refractivity contribution < 1.29 is 27.0 Å². The summed E-state index contributed by atoms with van der Waals surface area (Å²) in [6.45, 7) is -0.421. The van der Waals surface area contributed by atoms with Crippen LogP contribution in [0.5, 0.6) is 5.75 Å². The van der Waals surface area contributed by atoms with Crippen molar-refractivity contribution in [3.05, 3.63) is 54.1 Å². The molecule has 0 radical (unpaired) electrons. The van der Waals surface area contributed by atoms with Crippen LogP contribution in [0.2, 0.25) is 0 Å². The molecule has 2 aromatic carbocycles. The molecule has 0 unspecified atom stereocenters. The third kappa shape index (κ3) is 3.92. The van der Waals surface area contributed by atoms with Gasteiger partial charge in [-0.1, -0.05) is 0 Å². The number of anilines is 1. The molecular formula is C14H13F2NO4S. The minimum Gasteiger partial charge on any atom is -0.489 e. The van der Waals surface area contributed by atoms with E-state index in [4.69, 9.17) is 9.84 Å². The molecule has 0 fully saturated rings. The molecule has 118 valence electrons. The van der Waals surface area contributed by atoms with Crippen molar-refractivity contribution in [3.8, 4) is 5.75 Å². The average molecular weight is 329 g/mol. The van der Waals surface area contributed by atoms with E-state index in [1.54, 1.807) is 0 Å². The summed E-state index contributed by atoms with van der Waals surface area (Å²) in [7, 11) is -3.97. The number of aliphatic hydroxyl groups excluding tert-OH is 1. The van der Waals surface area contributed by atoms with Gasteiger partial charge in [-0.05, 0) is 36.4 Å². The van der Waals surface area contributed by atoms with Crippen LogP contribution in [0, 0.1) is 11.6 Å². The highest BCUT2D eigenvalue weighted by Crippen LogP contribution is 2.28. The van der Waals surface area contributed by atoms with Gasteiger partial charge in [0.2, 0.25) is 0 Å². The number of halogens is 2. The molecule has 5 nitrogen and oxygen atoms in total. The number of hydrogen-bond donors (Lipinski definition) is 2. The zero-order valence-corrected chi connectivity index (χ0v) is 12.1. The molecule has 22 heavy (non-hydrogen) atoms. The lowest BCUT2D eigenvalue weighted by atomic mass is 10.3. The van der Waals surface area contributed by atoms with E-state index in [-0.39, 0.29) is 29.5 Å². The summed E-state index contributed by atoms with van der Waals surface area (Å²) in [5.41, 5.74) is 0.0131. The van der Waals surface area contributed by atoms with Crippen LogP contribution in [-0.4, -0.2) is 26.7 Å². The maximum Gasteiger partial charge on any atom is 0.262 e. The summed E-state index contributed by atoms with van der Waals surface area (Å²) in [6.07, 6.45) is 0. The van der Waals surface area contributed by atoms with Crippen LogP contribution in [0.25, 0.3) is 0 Å². The highest BCUT2D eigenvalue weighted by atomic mass is 32.2. The van der Waals surface area contributed by atoms with E-state index >= 15 is 0 Å². The lowest BCUT2D eigenvalue weighted by Crippen LogP contribution is -2.14. The molecule has 0 bridgehead atoms. The van der Waals surface area contributed by atoms with Crippen LogP contribution >= 0.6 is 0 Å². The van der Waals surface area contributed by atoms with Crippen LogP contribution in [0.1, 0.15) is 0 Å². The first kappa shape index (κ1) is 16.2. The second-order valence-corrected chi connectivity index (χ2v) is 5.95. The molecule has 0 aliphatic rings. The van der Waals surface area contributed by atoms with Gasteiger partial charge >= 0.3 is 0 Å². The summed E-state index contributed by atoms with van der Waals surface area (Å²) >= 11 is 0. The fourth-order valence-corrected chi connectivity index (χ4v) is 2.74. The van der Waals surface area contributed by atoms with Gasteiger partial charge in [0, 0.05) is 6.07 Å². The molecule has 0 aliphatic carbocycles. The normalized spacial score (nSPS) is 11.2. The van der Waals surface area contributed by atoms with Gasteiger partial charge in [0.15, 0.2) is 0 Å². The second-order valence-electron chi connectivity index (χ2n) is 4.27. The first-order valence-corrected chi connectivity index (χ1v) is 7.72. The first-order valence-electron chi connectivity index (χ1n) is 6.24. The third-order valence-corrected chi connectivity index (χ3v) is 4.04. The highest BCUT2D eigenvalue weighted by molar-refractivity contribution is 7.92. The molecule has 0 aromatic heterocycles. The second kappa shape index (κ2) is 6.71. The van der Waals surface area contributed by atoms with Crippen molar-refractivity contribution in [2.45, 2.75) is 4.90 Å². The van der Waals surface area contributed by atoms with Crippen molar-refractivity contribution in [1.29, 1.82) is 0 Å². The van der Waals surface area contributed by atoms with Crippen LogP contribution in [0.3, 0.4) is 0 Å². The average Bonchev–Trinajstić information content (AvgIpc) is 2.48. The number of nitrogens with one attached hydrogen (secondary N) is 1. The van der Waals surface area contributed by atoms with Crippen molar-refractivity contribution >= 4 is 15.7 Å². The van der Waals surface area contributed by atoms with Gasteiger partial charge in [0.1, 0.15) is 24.0 Å². The van der Waals surface area contributed by atoms with E-state index in [1.165, 1.54) is 6.07 Å². The Balaban J connectivity index is 2.30. The maximum atomic E-state index is 13.2. The Morgan fingerprint density at radius 1 is 1.05 bits per heavy atom. The lowest BCUT2D eigenvalue weighted by molar-refractivity contribution is 0.201. The molecular weight excluding hydrogens is 316 g/mol. The standard InChI is InChI=1S/C14H13F2NO4S/c15-10-1-4-12(5-2-10)22(19,20)17-13-6-3-11(16)9-14(13)21-8-7-18/h1-6,9,17-18H,7-8H2. The number of benzene rings is 2. The summed E-state index contributed by atoms with van der Waals surface area (Å²) < 4.78 is 57.8. The zero-order valence-electron chi connectivity index (χ0n) is 11.3. The predicted molar refractivity (Wildman–Crippen MR) is 76.2 cm³/mol. The fourth-order valence-electron chi connectivity index (χ4n) is 1.67. The zero-order chi connectivity index (χ0) is 16.2. The molecule has 0 aliphatic heterocycles. The SMILES string of the molecule is O=S(=O)(Nc1ccc(F)cc1OCCO)c1ccc(F)cc1. The van der Waals surface area contributed by atoms with E-state index in [2.05, 4.69) is 4.72 Å². The number of hydrogen-bond acceptors (Lipinski definition) is 4. The molecule has 2 rings (SSSR count). The van der Waals surface area contributed by atoms with E-state index in [0.29, 0.717) is 0 Å². The largest absolute Gasteiger partial charge is 0.489 e. The Labute approximate surface area is 126 Å². The lowest BCUT2D eigenvalue weighted by Gasteiger charge is -2.13. The van der Waals surface area contributed by atoms with Crippen molar-refractivity contribution in [2.75, 3.05) is 17.9 Å². The van der Waals surface area contributed by atoms with Gasteiger partial charge in [0.25, 0.3) is 10.0 Å². The van der Waals surface area contributed by atoms with Crippen LogP contribution in [0.15, 0.2) is 47.4 Å². The smallest absolute Gasteiger partial charge is 0.262 e. The molecule has 0 saturated carbocycles. The van der Waals surface area contributed by atoms with Crippen LogP contribution in [0.4, 0.5) is 14.5 Å². The molecule has 0 heterocycles. The summed E-state index contributed by atoms with van der Waals surface area (Å²) in [5, 5.41) is 8.73. The minimum atomic E-state index is -3.97. The highest BCUT2D eigenvalue weighted by Gasteiger charge is 2.17. The number of sulfonamides is 1. The summed E-state index contributed by atoms with van der Waals surface area (Å²) in [4.78, 5) is -0.147. The van der Waals surface area contributed by atoms with E-state index in [1.807, 2.05) is 0 Å². The maximum absolute atomic E-state index is 13.2. The first-order chi connectivity index (χ1) is 10.4. The molecule has 8 heteroatoms. The van der Waals surface area contributed by atoms with Gasteiger partial charge in [-0.3, -0.25) is 4.72 Å². The van der Waals surface area contributed by atoms with E-state index < -0.39 is 21.7 Å². The van der Waals surface area contributed by atoms with Crippen molar-refractivity contribution in [1.82, 2.24) is 0 Å². The van der Waals surface area contributed by atoms with E-state index in [0.717, 1.165) is 36.4 Å². The monoisotopic (exact) mass is 329 g/mol. The van der Waals surface area contributed by atoms with Gasteiger partial charge in [0.05, 0.1) is 17.2 Å². The molecule has 0 atom stereocenters. The third-order valence-electron chi connectivity index (χ3n) is 2.66. The Kier molecular flexibility index (Phi) is 4.94. The topological polar surface area (TPSA) is 75.6 Å². The minimum absolute atomic E-state index is 0.0131. The molecule has 0 amide bonds. The van der Waals surface area contributed by atoms with Crippen LogP contribution in [-0.2, 0) is 10.0 Å². The van der Waals surface area contributed by atoms with Crippen molar-refractivity contribution in [2.24, 2.45) is 0 Å². The molecule has 0 spiro atoms. The predicted octanol–water partition coefficient (Wildman–Crippen LogP) is 2.14. The molecule has 2 aromatic rings. The number of ether oxygens (including phenoxy) is 1. The molecule has 0 saturated heterocycles. The molecule has 2 N–H and O–H groups in total. The van der Waals surface area contributed by atoms with Gasteiger partial charge in [-0.15, -0.1) is 0 Å². The Morgan fingerprint density at radius 3 is 2.32 bits per heavy atom. The van der Waals surface area contributed by atoms with E-state index in [9.17, 15) is 17.2 Å². The van der Waals surface area contributed by atoms with Crippen molar-refractivity contribution in [3.63, 3.8) is 0 Å². The van der Waals surface area contributed by atoms with Gasteiger partial charge in [-0.2, -0.15) is 0 Å². The van der Waals surface area contributed by atoms with Crippen LogP contribution < -0.4 is 9.46 Å². The van der Waals surface area contributed by atoms with Gasteiger partial charge in [-0.25, -0.2) is 17.2 Å². The Bertz CT molecular complexity index is 748. The Hall–Kier alpha value is -2.19.